The third-order valence-corrected chi connectivity index (χ3v) is 3.64. The van der Waals surface area contributed by atoms with Crippen molar-refractivity contribution in [1.29, 1.82) is 0 Å². The van der Waals surface area contributed by atoms with Gasteiger partial charge in [-0.15, -0.1) is 0 Å². The Morgan fingerprint density at radius 3 is 2.58 bits per heavy atom. The van der Waals surface area contributed by atoms with Gasteiger partial charge in [0.25, 0.3) is 0 Å². The highest BCUT2D eigenvalue weighted by Gasteiger charge is 2.39. The molecule has 1 saturated carbocycles. The molecule has 0 atom stereocenters. The van der Waals surface area contributed by atoms with Crippen LogP contribution in [0.15, 0.2) is 24.3 Å². The first-order valence-electron chi connectivity index (χ1n) is 6.70. The summed E-state index contributed by atoms with van der Waals surface area (Å²) in [6.45, 7) is 4.31. The van der Waals surface area contributed by atoms with E-state index in [-0.39, 0.29) is 17.8 Å². The van der Waals surface area contributed by atoms with Crippen LogP contribution >= 0.6 is 0 Å². The zero-order valence-corrected chi connectivity index (χ0v) is 11.5. The Balaban J connectivity index is 2.18. The van der Waals surface area contributed by atoms with Gasteiger partial charge < -0.3 is 10.6 Å². The Hall–Kier alpha value is -1.42. The third kappa shape index (κ3) is 3.13. The van der Waals surface area contributed by atoms with Gasteiger partial charge in [0, 0.05) is 24.7 Å². The van der Waals surface area contributed by atoms with Crippen molar-refractivity contribution in [2.45, 2.75) is 39.3 Å². The molecule has 3 nitrogen and oxygen atoms in total. The quantitative estimate of drug-likeness (QED) is 0.887. The second-order valence-corrected chi connectivity index (χ2v) is 5.84. The van der Waals surface area contributed by atoms with E-state index >= 15 is 0 Å². The third-order valence-electron chi connectivity index (χ3n) is 3.64. The molecule has 0 bridgehead atoms. The predicted octanol–water partition coefficient (Wildman–Crippen LogP) is 2.30. The summed E-state index contributed by atoms with van der Waals surface area (Å²) in [6.07, 6.45) is 2.00. The smallest absolute Gasteiger partial charge is 0.230 e. The minimum absolute atomic E-state index is 0.0146. The molecule has 2 N–H and O–H groups in total. The van der Waals surface area contributed by atoms with Crippen LogP contribution < -0.4 is 5.73 Å². The van der Waals surface area contributed by atoms with Crippen LogP contribution in [0.3, 0.4) is 0 Å². The SMILES string of the molecule is CC(C)(CN)C(=O)N(Cc1ccccc1F)C1CC1. The zero-order valence-electron chi connectivity index (χ0n) is 11.5. The fraction of sp³-hybridized carbons (Fsp3) is 0.533. The van der Waals surface area contributed by atoms with E-state index in [2.05, 4.69) is 0 Å². The van der Waals surface area contributed by atoms with Gasteiger partial charge in [-0.05, 0) is 32.8 Å². The van der Waals surface area contributed by atoms with Crippen molar-refractivity contribution in [2.24, 2.45) is 11.1 Å². The maximum Gasteiger partial charge on any atom is 0.230 e. The van der Waals surface area contributed by atoms with Crippen LogP contribution in [0.2, 0.25) is 0 Å². The lowest BCUT2D eigenvalue weighted by Gasteiger charge is -2.31. The lowest BCUT2D eigenvalue weighted by Crippen LogP contribution is -2.45. The van der Waals surface area contributed by atoms with E-state index in [1.807, 2.05) is 13.8 Å². The summed E-state index contributed by atoms with van der Waals surface area (Å²) in [5.74, 6) is -0.243. The van der Waals surface area contributed by atoms with E-state index in [4.69, 9.17) is 5.73 Å². The zero-order chi connectivity index (χ0) is 14.0. The van der Waals surface area contributed by atoms with Gasteiger partial charge in [0.2, 0.25) is 5.91 Å². The fourth-order valence-corrected chi connectivity index (χ4v) is 2.04. The van der Waals surface area contributed by atoms with E-state index in [9.17, 15) is 9.18 Å². The van der Waals surface area contributed by atoms with Crippen molar-refractivity contribution in [3.8, 4) is 0 Å². The van der Waals surface area contributed by atoms with Crippen molar-refractivity contribution >= 4 is 5.91 Å². The molecule has 1 aliphatic rings. The van der Waals surface area contributed by atoms with Crippen molar-refractivity contribution in [1.82, 2.24) is 4.90 Å². The first kappa shape index (κ1) is 14.0. The summed E-state index contributed by atoms with van der Waals surface area (Å²) >= 11 is 0. The maximum atomic E-state index is 13.7. The van der Waals surface area contributed by atoms with Crippen LogP contribution in [-0.2, 0) is 11.3 Å². The topological polar surface area (TPSA) is 46.3 Å². The highest BCUT2D eigenvalue weighted by atomic mass is 19.1. The average molecular weight is 264 g/mol. The Kier molecular flexibility index (Phi) is 3.90. The molecule has 4 heteroatoms. The summed E-state index contributed by atoms with van der Waals surface area (Å²) < 4.78 is 13.7. The van der Waals surface area contributed by atoms with E-state index in [1.165, 1.54) is 6.07 Å². The summed E-state index contributed by atoms with van der Waals surface area (Å²) in [5.41, 5.74) is 5.64. The van der Waals surface area contributed by atoms with Gasteiger partial charge in [0.15, 0.2) is 0 Å². The van der Waals surface area contributed by atoms with Gasteiger partial charge in [-0.3, -0.25) is 4.79 Å². The van der Waals surface area contributed by atoms with Crippen LogP contribution in [0.1, 0.15) is 32.3 Å². The minimum atomic E-state index is -0.589. The number of nitrogens with zero attached hydrogens (tertiary/aromatic N) is 1. The fourth-order valence-electron chi connectivity index (χ4n) is 2.04. The van der Waals surface area contributed by atoms with E-state index in [0.29, 0.717) is 18.7 Å². The van der Waals surface area contributed by atoms with Crippen LogP contribution in [0.5, 0.6) is 0 Å². The number of amides is 1. The lowest BCUT2D eigenvalue weighted by atomic mass is 9.91. The molecule has 0 heterocycles. The molecule has 0 aromatic heterocycles. The molecular formula is C15H21FN2O. The van der Waals surface area contributed by atoms with Gasteiger partial charge in [0.05, 0.1) is 5.41 Å². The summed E-state index contributed by atoms with van der Waals surface area (Å²) in [6, 6.07) is 6.86. The van der Waals surface area contributed by atoms with Crippen molar-refractivity contribution < 1.29 is 9.18 Å². The van der Waals surface area contributed by atoms with Crippen LogP contribution in [0, 0.1) is 11.2 Å². The maximum absolute atomic E-state index is 13.7. The van der Waals surface area contributed by atoms with Crippen molar-refractivity contribution in [2.75, 3.05) is 6.54 Å². The van der Waals surface area contributed by atoms with Gasteiger partial charge >= 0.3 is 0 Å². The normalized spacial score (nSPS) is 15.4. The minimum Gasteiger partial charge on any atom is -0.335 e. The number of nitrogens with two attached hydrogens (primary N) is 1. The lowest BCUT2D eigenvalue weighted by molar-refractivity contribution is -0.141. The second kappa shape index (κ2) is 5.29. The molecule has 1 amide bonds. The van der Waals surface area contributed by atoms with Crippen LogP contribution in [0.4, 0.5) is 4.39 Å². The van der Waals surface area contributed by atoms with Crippen molar-refractivity contribution in [3.63, 3.8) is 0 Å². The molecule has 19 heavy (non-hydrogen) atoms. The number of carbonyl (C=O) groups is 1. The molecule has 1 aliphatic carbocycles. The first-order valence-corrected chi connectivity index (χ1v) is 6.70. The molecule has 0 unspecified atom stereocenters. The molecule has 1 aromatic rings. The number of halogens is 1. The van der Waals surface area contributed by atoms with Gasteiger partial charge in [-0.2, -0.15) is 0 Å². The monoisotopic (exact) mass is 264 g/mol. The van der Waals surface area contributed by atoms with E-state index in [0.717, 1.165) is 12.8 Å². The first-order chi connectivity index (χ1) is 8.95. The Morgan fingerprint density at radius 2 is 2.05 bits per heavy atom. The molecule has 104 valence electrons. The Bertz CT molecular complexity index is 469. The average Bonchev–Trinajstić information content (AvgIpc) is 3.21. The standard InChI is InChI=1S/C15H21FN2O/c1-15(2,10-17)14(19)18(12-7-8-12)9-11-5-3-4-6-13(11)16/h3-6,12H,7-10,17H2,1-2H3. The van der Waals surface area contributed by atoms with E-state index in [1.54, 1.807) is 23.1 Å². The highest BCUT2D eigenvalue weighted by molar-refractivity contribution is 5.82. The summed E-state index contributed by atoms with van der Waals surface area (Å²) in [4.78, 5) is 14.3. The molecule has 0 aliphatic heterocycles. The number of rotatable bonds is 5. The summed E-state index contributed by atoms with van der Waals surface area (Å²) in [7, 11) is 0. The summed E-state index contributed by atoms with van der Waals surface area (Å²) in [5, 5.41) is 0. The predicted molar refractivity (Wildman–Crippen MR) is 72.8 cm³/mol. The Morgan fingerprint density at radius 1 is 1.42 bits per heavy atom. The highest BCUT2D eigenvalue weighted by Crippen LogP contribution is 2.32. The molecule has 0 radical (unpaired) electrons. The van der Waals surface area contributed by atoms with Crippen LogP contribution in [-0.4, -0.2) is 23.4 Å². The number of benzene rings is 1. The molecule has 0 saturated heterocycles. The molecule has 1 fully saturated rings. The van der Waals surface area contributed by atoms with E-state index < -0.39 is 5.41 Å². The van der Waals surface area contributed by atoms with Gasteiger partial charge in [-0.1, -0.05) is 18.2 Å². The molecule has 0 spiro atoms. The molecule has 1 aromatic carbocycles. The van der Waals surface area contributed by atoms with Crippen LogP contribution in [0.25, 0.3) is 0 Å². The number of carbonyl (C=O) groups excluding carboxylic acids is 1. The number of hydrogen-bond acceptors (Lipinski definition) is 2. The Labute approximate surface area is 113 Å². The van der Waals surface area contributed by atoms with Gasteiger partial charge in [-0.25, -0.2) is 4.39 Å². The van der Waals surface area contributed by atoms with Gasteiger partial charge in [0.1, 0.15) is 5.82 Å². The van der Waals surface area contributed by atoms with Crippen molar-refractivity contribution in [3.05, 3.63) is 35.6 Å². The second-order valence-electron chi connectivity index (χ2n) is 5.84. The molecular weight excluding hydrogens is 243 g/mol. The molecule has 2 rings (SSSR count). The largest absolute Gasteiger partial charge is 0.335 e. The number of hydrogen-bond donors (Lipinski definition) is 1.